The molecule has 2 aromatic carbocycles. The van der Waals surface area contributed by atoms with Gasteiger partial charge in [-0.3, -0.25) is 4.99 Å². The van der Waals surface area contributed by atoms with Crippen molar-refractivity contribution >= 4 is 17.4 Å². The lowest BCUT2D eigenvalue weighted by molar-refractivity contribution is -0.137. The smallest absolute Gasteiger partial charge is 0.416 e. The monoisotopic (exact) mass is 408 g/mol. The largest absolute Gasteiger partial charge is 0.503 e. The molecule has 154 valence electrons. The summed E-state index contributed by atoms with van der Waals surface area (Å²) in [6, 6.07) is 11.1. The molecule has 0 aliphatic carbocycles. The second kappa shape index (κ2) is 9.63. The average molecular weight is 408 g/mol. The van der Waals surface area contributed by atoms with Gasteiger partial charge in [0.05, 0.1) is 26.0 Å². The minimum atomic E-state index is -4.49. The Bertz CT molecular complexity index is 924. The molecule has 9 heteroatoms. The Morgan fingerprint density at radius 2 is 1.76 bits per heavy atom. The van der Waals surface area contributed by atoms with Crippen LogP contribution in [0.4, 0.5) is 13.2 Å². The summed E-state index contributed by atoms with van der Waals surface area (Å²) in [5.41, 5.74) is 2.71. The first-order valence-electron chi connectivity index (χ1n) is 8.29. The number of carbonyl (C=O) groups excluding carboxylic acids is 1. The number of methoxy groups -OCH3 is 2. The van der Waals surface area contributed by atoms with Crippen LogP contribution in [0.15, 0.2) is 59.8 Å². The highest BCUT2D eigenvalue weighted by atomic mass is 19.4. The van der Waals surface area contributed by atoms with Crippen molar-refractivity contribution in [2.75, 3.05) is 21.3 Å². The zero-order valence-electron chi connectivity index (χ0n) is 15.9. The molecule has 0 atom stereocenters. The lowest BCUT2D eigenvalue weighted by atomic mass is 10.00. The first kappa shape index (κ1) is 21.8. The fourth-order valence-electron chi connectivity index (χ4n) is 2.44. The number of nitrogens with zero attached hydrogens (tertiary/aromatic N) is 1. The molecule has 0 radical (unpaired) electrons. The molecule has 2 rings (SSSR count). The molecule has 0 aliphatic heterocycles. The van der Waals surface area contributed by atoms with Crippen LogP contribution in [0.1, 0.15) is 16.7 Å². The van der Waals surface area contributed by atoms with Gasteiger partial charge in [-0.15, -0.1) is 0 Å². The number of nitrogens with one attached hydrogen (secondary N) is 1. The van der Waals surface area contributed by atoms with Crippen molar-refractivity contribution in [3.63, 3.8) is 0 Å². The second-order valence-electron chi connectivity index (χ2n) is 5.61. The molecule has 29 heavy (non-hydrogen) atoms. The molecule has 0 heterocycles. The molecule has 0 aromatic heterocycles. The minimum absolute atomic E-state index is 0.0564. The first-order chi connectivity index (χ1) is 13.8. The number of hydrogen-bond acceptors (Lipinski definition) is 5. The van der Waals surface area contributed by atoms with Gasteiger partial charge in [0.25, 0.3) is 0 Å². The zero-order valence-corrected chi connectivity index (χ0v) is 15.9. The highest BCUT2D eigenvalue weighted by Gasteiger charge is 2.30. The summed E-state index contributed by atoms with van der Waals surface area (Å²) in [6.07, 6.45) is -3.26. The highest BCUT2D eigenvalue weighted by molar-refractivity contribution is 6.19. The van der Waals surface area contributed by atoms with Gasteiger partial charge in [0, 0.05) is 18.2 Å². The van der Waals surface area contributed by atoms with Gasteiger partial charge in [0.2, 0.25) is 0 Å². The number of carbonyl (C=O) groups is 1. The van der Waals surface area contributed by atoms with E-state index in [9.17, 15) is 18.0 Å². The third kappa shape index (κ3) is 5.50. The molecule has 0 saturated heterocycles. The quantitative estimate of drug-likeness (QED) is 0.197. The number of ether oxygens (including phenoxy) is 2. The van der Waals surface area contributed by atoms with Crippen LogP contribution in [0.3, 0.4) is 0 Å². The average Bonchev–Trinajstić information content (AvgIpc) is 2.72. The number of benzene rings is 2. The predicted octanol–water partition coefficient (Wildman–Crippen LogP) is 3.83. The topological polar surface area (TPSA) is 69.2 Å². The molecule has 6 nitrogen and oxygen atoms in total. The summed E-state index contributed by atoms with van der Waals surface area (Å²) in [5.74, 6) is -0.503. The third-order valence-corrected chi connectivity index (χ3v) is 3.76. The van der Waals surface area contributed by atoms with E-state index in [4.69, 9.17) is 14.3 Å². The van der Waals surface area contributed by atoms with E-state index < -0.39 is 17.7 Å². The van der Waals surface area contributed by atoms with Gasteiger partial charge in [-0.25, -0.2) is 10.3 Å². The van der Waals surface area contributed by atoms with Gasteiger partial charge in [0.15, 0.2) is 11.6 Å². The van der Waals surface area contributed by atoms with E-state index in [0.717, 1.165) is 12.1 Å². The van der Waals surface area contributed by atoms with Crippen LogP contribution in [0, 0.1) is 0 Å². The number of halogens is 3. The normalized spacial score (nSPS) is 12.3. The molecule has 0 amide bonds. The van der Waals surface area contributed by atoms with E-state index in [2.05, 4.69) is 10.5 Å². The number of esters is 1. The van der Waals surface area contributed by atoms with E-state index in [0.29, 0.717) is 11.1 Å². The lowest BCUT2D eigenvalue weighted by Gasteiger charge is -2.15. The summed E-state index contributed by atoms with van der Waals surface area (Å²) in [4.78, 5) is 21.5. The van der Waals surface area contributed by atoms with Gasteiger partial charge < -0.3 is 14.3 Å². The molecule has 0 fully saturated rings. The maximum atomic E-state index is 12.9. The van der Waals surface area contributed by atoms with Crippen molar-refractivity contribution in [2.45, 2.75) is 6.18 Å². The Kier molecular flexibility index (Phi) is 7.24. The second-order valence-corrected chi connectivity index (χ2v) is 5.61. The molecular formula is C20H19F3N2O4. The molecular weight excluding hydrogens is 389 g/mol. The number of rotatable bonds is 6. The SMILES string of the molecule is CN=C(NOc1cccc(C(F)(F)F)c1)c1ccccc1C(=COC)C(=O)OC. The molecule has 2 aromatic rings. The number of hydroxylamine groups is 1. The standard InChI is InChI=1S/C20H19F3N2O4/c1-24-18(25-29-14-8-6-7-13(11-14)20(21,22)23)16-10-5-4-9-15(16)17(12-27-2)19(26)28-3/h4-12H,1-3H3,(H,24,25). The molecule has 1 N–H and O–H groups in total. The van der Waals surface area contributed by atoms with Gasteiger partial charge in [-0.2, -0.15) is 13.2 Å². The van der Waals surface area contributed by atoms with Crippen molar-refractivity contribution in [3.8, 4) is 5.75 Å². The van der Waals surface area contributed by atoms with Gasteiger partial charge in [0.1, 0.15) is 5.57 Å². The maximum absolute atomic E-state index is 12.9. The van der Waals surface area contributed by atoms with Crippen LogP contribution in [0.2, 0.25) is 0 Å². The number of hydrogen-bond donors (Lipinski definition) is 1. The summed E-state index contributed by atoms with van der Waals surface area (Å²) < 4.78 is 48.3. The van der Waals surface area contributed by atoms with Crippen molar-refractivity contribution in [1.29, 1.82) is 0 Å². The Hall–Kier alpha value is -3.49. The van der Waals surface area contributed by atoms with Gasteiger partial charge in [-0.1, -0.05) is 30.3 Å². The summed E-state index contributed by atoms with van der Waals surface area (Å²) in [5, 5.41) is 0. The van der Waals surface area contributed by atoms with Gasteiger partial charge in [-0.05, 0) is 18.2 Å². The highest BCUT2D eigenvalue weighted by Crippen LogP contribution is 2.31. The first-order valence-corrected chi connectivity index (χ1v) is 8.29. The van der Waals surface area contributed by atoms with Crippen LogP contribution in [-0.4, -0.2) is 33.1 Å². The Morgan fingerprint density at radius 3 is 2.34 bits per heavy atom. The van der Waals surface area contributed by atoms with Crippen LogP contribution in [0.5, 0.6) is 5.75 Å². The van der Waals surface area contributed by atoms with E-state index in [1.165, 1.54) is 39.7 Å². The number of amidine groups is 1. The fraction of sp³-hybridized carbons (Fsp3) is 0.200. The third-order valence-electron chi connectivity index (χ3n) is 3.76. The maximum Gasteiger partial charge on any atom is 0.416 e. The van der Waals surface area contributed by atoms with Crippen LogP contribution in [0.25, 0.3) is 5.57 Å². The van der Waals surface area contributed by atoms with Crippen molar-refractivity contribution < 1.29 is 32.3 Å². The van der Waals surface area contributed by atoms with Crippen molar-refractivity contribution in [1.82, 2.24) is 5.48 Å². The Morgan fingerprint density at radius 1 is 1.07 bits per heavy atom. The molecule has 0 aliphatic rings. The minimum Gasteiger partial charge on any atom is -0.503 e. The number of aliphatic imine (C=N–C) groups is 1. The van der Waals surface area contributed by atoms with Gasteiger partial charge >= 0.3 is 12.1 Å². The molecule has 0 unspecified atom stereocenters. The van der Waals surface area contributed by atoms with E-state index in [1.54, 1.807) is 24.3 Å². The Balaban J connectivity index is 2.33. The van der Waals surface area contributed by atoms with E-state index in [1.807, 2.05) is 0 Å². The lowest BCUT2D eigenvalue weighted by Crippen LogP contribution is -2.29. The van der Waals surface area contributed by atoms with E-state index in [-0.39, 0.29) is 17.2 Å². The number of alkyl halides is 3. The summed E-state index contributed by atoms with van der Waals surface area (Å²) in [7, 11) is 4.08. The van der Waals surface area contributed by atoms with E-state index >= 15 is 0 Å². The van der Waals surface area contributed by atoms with Crippen LogP contribution in [-0.2, 0) is 20.4 Å². The predicted molar refractivity (Wildman–Crippen MR) is 101 cm³/mol. The van der Waals surface area contributed by atoms with Crippen molar-refractivity contribution in [2.24, 2.45) is 4.99 Å². The summed E-state index contributed by atoms with van der Waals surface area (Å²) in [6.45, 7) is 0. The van der Waals surface area contributed by atoms with Crippen LogP contribution < -0.4 is 10.3 Å². The molecule has 0 saturated carbocycles. The van der Waals surface area contributed by atoms with Crippen LogP contribution >= 0.6 is 0 Å². The Labute approximate surface area is 165 Å². The van der Waals surface area contributed by atoms with Crippen molar-refractivity contribution in [3.05, 3.63) is 71.5 Å². The molecule has 0 spiro atoms. The summed E-state index contributed by atoms with van der Waals surface area (Å²) >= 11 is 0. The zero-order chi connectivity index (χ0) is 21.4. The fourth-order valence-corrected chi connectivity index (χ4v) is 2.44. The molecule has 0 bridgehead atoms.